The zero-order valence-electron chi connectivity index (χ0n) is 24.4. The number of hydrogen-bond donors (Lipinski definition) is 2. The molecule has 0 radical (unpaired) electrons. The van der Waals surface area contributed by atoms with E-state index in [4.69, 9.17) is 16.3 Å². The van der Waals surface area contributed by atoms with Crippen LogP contribution >= 0.6 is 50.6 Å². The van der Waals surface area contributed by atoms with Crippen molar-refractivity contribution in [2.24, 2.45) is 29.6 Å². The summed E-state index contributed by atoms with van der Waals surface area (Å²) in [5, 5.41) is 4.20. The third kappa shape index (κ3) is 4.77. The highest BCUT2D eigenvalue weighted by molar-refractivity contribution is 9.10. The Morgan fingerprint density at radius 1 is 1.04 bits per heavy atom. The number of imide groups is 1. The number of carbonyl (C=O) groups excluding carboxylic acids is 3. The summed E-state index contributed by atoms with van der Waals surface area (Å²) in [5.74, 6) is -1.39. The number of nitrogens with one attached hydrogen (secondary N) is 2. The molecule has 12 heteroatoms. The van der Waals surface area contributed by atoms with E-state index in [2.05, 4.69) is 26.2 Å². The third-order valence-electron chi connectivity index (χ3n) is 9.89. The van der Waals surface area contributed by atoms with Gasteiger partial charge < -0.3 is 15.0 Å². The van der Waals surface area contributed by atoms with E-state index in [1.54, 1.807) is 36.0 Å². The van der Waals surface area contributed by atoms with Crippen LogP contribution < -0.4 is 19.8 Å². The number of rotatable bonds is 6. The number of hydrogen-bond acceptors (Lipinski definition) is 7. The lowest BCUT2D eigenvalue weighted by atomic mass is 9.68. The Kier molecular flexibility index (Phi) is 7.43. The van der Waals surface area contributed by atoms with Crippen LogP contribution in [0, 0.1) is 36.5 Å². The number of ether oxygens (including phenoxy) is 1. The van der Waals surface area contributed by atoms with E-state index in [1.807, 2.05) is 49.4 Å². The van der Waals surface area contributed by atoms with Crippen LogP contribution in [-0.4, -0.2) is 34.6 Å². The average molecular weight is 737 g/mol. The topological polar surface area (TPSA) is 109 Å². The Balaban J connectivity index is 1.15. The fourth-order valence-corrected chi connectivity index (χ4v) is 11.5. The van der Waals surface area contributed by atoms with Crippen molar-refractivity contribution in [3.05, 3.63) is 102 Å². The molecule has 46 heavy (non-hydrogen) atoms. The summed E-state index contributed by atoms with van der Waals surface area (Å²) < 4.78 is 7.05. The third-order valence-corrected chi connectivity index (χ3v) is 13.2. The SMILES string of the molecule is Cc1ccccc1NC(=O)COc1ccc(Cl)cc1[C@@H]1c2sc(=O)[nH]c2S[C@@H]2[C@@H]3C[C@@H]([C@@H]4C(=O)N(c5ccc(Br)cc5)C(=O)[C@@H]34)[C@H]12. The Hall–Kier alpha value is -3.38. The lowest BCUT2D eigenvalue weighted by Crippen LogP contribution is -2.42. The van der Waals surface area contributed by atoms with Crippen molar-refractivity contribution >= 4 is 79.7 Å². The summed E-state index contributed by atoms with van der Waals surface area (Å²) in [7, 11) is 0. The zero-order valence-corrected chi connectivity index (χ0v) is 28.3. The van der Waals surface area contributed by atoms with Crippen LogP contribution in [-0.2, 0) is 14.4 Å². The number of thioether (sulfide) groups is 1. The number of aryl methyl sites for hydroxylation is 1. The van der Waals surface area contributed by atoms with Crippen molar-refractivity contribution in [2.75, 3.05) is 16.8 Å². The van der Waals surface area contributed by atoms with Gasteiger partial charge in [0.1, 0.15) is 5.75 Å². The van der Waals surface area contributed by atoms with Crippen LogP contribution in [0.1, 0.15) is 28.3 Å². The molecule has 2 saturated carbocycles. The number of H-pyrrole nitrogens is 1. The molecular formula is C34H27BrClN3O5S2. The molecule has 1 saturated heterocycles. The van der Waals surface area contributed by atoms with Gasteiger partial charge in [-0.15, -0.1) is 11.8 Å². The van der Waals surface area contributed by atoms with Gasteiger partial charge in [-0.3, -0.25) is 24.1 Å². The van der Waals surface area contributed by atoms with E-state index in [9.17, 15) is 19.2 Å². The number of thiazole rings is 1. The van der Waals surface area contributed by atoms with Gasteiger partial charge in [-0.05, 0) is 85.2 Å². The van der Waals surface area contributed by atoms with Gasteiger partial charge in [-0.25, -0.2) is 0 Å². The molecule has 8 nitrogen and oxygen atoms in total. The molecule has 3 aromatic carbocycles. The number of amides is 3. The minimum Gasteiger partial charge on any atom is -0.483 e. The first kappa shape index (κ1) is 30.0. The van der Waals surface area contributed by atoms with Gasteiger partial charge in [0.2, 0.25) is 11.8 Å². The first-order chi connectivity index (χ1) is 22.2. The molecule has 2 aliphatic carbocycles. The lowest BCUT2D eigenvalue weighted by Gasteiger charge is -2.43. The van der Waals surface area contributed by atoms with E-state index < -0.39 is 11.8 Å². The van der Waals surface area contributed by atoms with Crippen LogP contribution in [0.15, 0.2) is 81.0 Å². The Morgan fingerprint density at radius 2 is 1.78 bits per heavy atom. The van der Waals surface area contributed by atoms with Crippen LogP contribution in [0.3, 0.4) is 0 Å². The highest BCUT2D eigenvalue weighted by Crippen LogP contribution is 2.69. The van der Waals surface area contributed by atoms with Crippen LogP contribution in [0.4, 0.5) is 11.4 Å². The smallest absolute Gasteiger partial charge is 0.305 e. The number of nitrogens with zero attached hydrogens (tertiary/aromatic N) is 1. The van der Waals surface area contributed by atoms with Crippen LogP contribution in [0.2, 0.25) is 5.02 Å². The van der Waals surface area contributed by atoms with Crippen molar-refractivity contribution in [3.63, 3.8) is 0 Å². The predicted octanol–water partition coefficient (Wildman–Crippen LogP) is 6.86. The number of aromatic nitrogens is 1. The molecule has 2 aliphatic heterocycles. The Labute approximate surface area is 286 Å². The van der Waals surface area contributed by atoms with Gasteiger partial charge in [0.15, 0.2) is 6.61 Å². The number of carbonyl (C=O) groups is 3. The molecule has 1 aromatic heterocycles. The molecule has 0 spiro atoms. The van der Waals surface area contributed by atoms with Gasteiger partial charge in [0.25, 0.3) is 5.91 Å². The maximum atomic E-state index is 14.1. The summed E-state index contributed by atoms with van der Waals surface area (Å²) in [6.45, 7) is 1.70. The largest absolute Gasteiger partial charge is 0.483 e. The molecule has 2 bridgehead atoms. The lowest BCUT2D eigenvalue weighted by molar-refractivity contribution is -0.123. The standard InChI is InChI=1S/C34H27BrClN3O5S2/c1-15-4-2-3-5-22(15)37-24(40)14-44-23-11-8-17(36)12-19(23)25-26-20-13-21(29(26)45-31-30(25)46-34(43)38-31)28-27(20)32(41)39(33(28)42)18-9-6-16(35)7-10-18/h2-12,20-21,25-29H,13-14H2,1H3,(H,37,40)(H,38,43)/t20-,21-,25+,26-,27+,28+,29-/m1/s1. The molecule has 3 amide bonds. The average Bonchev–Trinajstić information content (AvgIpc) is 3.77. The first-order valence-corrected chi connectivity index (χ1v) is 17.9. The van der Waals surface area contributed by atoms with E-state index in [1.165, 1.54) is 4.90 Å². The van der Waals surface area contributed by atoms with Crippen molar-refractivity contribution < 1.29 is 19.1 Å². The van der Waals surface area contributed by atoms with Gasteiger partial charge in [-0.1, -0.05) is 57.1 Å². The van der Waals surface area contributed by atoms with Gasteiger partial charge in [-0.2, -0.15) is 0 Å². The van der Waals surface area contributed by atoms with Crippen LogP contribution in [0.25, 0.3) is 0 Å². The molecule has 7 atom stereocenters. The Bertz CT molecular complexity index is 1980. The number of halogens is 2. The summed E-state index contributed by atoms with van der Waals surface area (Å²) in [6.07, 6.45) is 0.759. The minimum atomic E-state index is -0.439. The number of para-hydroxylation sites is 1. The quantitative estimate of drug-likeness (QED) is 0.210. The summed E-state index contributed by atoms with van der Waals surface area (Å²) in [6, 6.07) is 20.1. The van der Waals surface area contributed by atoms with Gasteiger partial charge in [0.05, 0.1) is 22.5 Å². The second-order valence-electron chi connectivity index (χ2n) is 12.3. The highest BCUT2D eigenvalue weighted by Gasteiger charge is 2.69. The van der Waals surface area contributed by atoms with Gasteiger partial charge >= 0.3 is 4.87 Å². The molecule has 234 valence electrons. The fourth-order valence-electron chi connectivity index (χ4n) is 8.15. The molecule has 0 unspecified atom stereocenters. The predicted molar refractivity (Wildman–Crippen MR) is 182 cm³/mol. The van der Waals surface area contributed by atoms with Crippen molar-refractivity contribution in [1.82, 2.24) is 4.98 Å². The van der Waals surface area contributed by atoms with Crippen molar-refractivity contribution in [3.8, 4) is 5.75 Å². The highest BCUT2D eigenvalue weighted by atomic mass is 79.9. The fraction of sp³-hybridized carbons (Fsp3) is 0.294. The normalized spacial score (nSPS) is 27.4. The second-order valence-corrected chi connectivity index (χ2v) is 15.8. The maximum absolute atomic E-state index is 14.1. The molecule has 8 rings (SSSR count). The van der Waals surface area contributed by atoms with Crippen LogP contribution in [0.5, 0.6) is 5.75 Å². The maximum Gasteiger partial charge on any atom is 0.305 e. The summed E-state index contributed by atoms with van der Waals surface area (Å²) in [4.78, 5) is 58.8. The minimum absolute atomic E-state index is 0.00630. The molecular weight excluding hydrogens is 710 g/mol. The van der Waals surface area contributed by atoms with E-state index in [0.29, 0.717) is 22.1 Å². The van der Waals surface area contributed by atoms with E-state index in [-0.39, 0.29) is 58.1 Å². The van der Waals surface area contributed by atoms with Gasteiger partial charge in [0, 0.05) is 36.8 Å². The second kappa shape index (κ2) is 11.4. The zero-order chi connectivity index (χ0) is 31.9. The molecule has 3 heterocycles. The molecule has 3 fully saturated rings. The number of anilines is 2. The molecule has 2 N–H and O–H groups in total. The number of aromatic amines is 1. The molecule has 4 aliphatic rings. The Morgan fingerprint density at radius 3 is 2.54 bits per heavy atom. The van der Waals surface area contributed by atoms with Crippen molar-refractivity contribution in [2.45, 2.75) is 29.5 Å². The first-order valence-electron chi connectivity index (χ1n) is 15.0. The molecule has 4 aromatic rings. The van der Waals surface area contributed by atoms with E-state index in [0.717, 1.165) is 43.3 Å². The summed E-state index contributed by atoms with van der Waals surface area (Å²) >= 11 is 12.8. The number of benzene rings is 3. The number of fused-ring (bicyclic) bond motifs is 9. The summed E-state index contributed by atoms with van der Waals surface area (Å²) in [5.41, 5.74) is 3.01. The monoisotopic (exact) mass is 735 g/mol. The van der Waals surface area contributed by atoms with E-state index >= 15 is 0 Å². The van der Waals surface area contributed by atoms with Crippen molar-refractivity contribution in [1.29, 1.82) is 0 Å².